The molecular formula is C19H21N3O3. The first-order valence-corrected chi connectivity index (χ1v) is 8.44. The van der Waals surface area contributed by atoms with Crippen LogP contribution in [0, 0.1) is 0 Å². The molecule has 0 radical (unpaired) electrons. The van der Waals surface area contributed by atoms with Crippen LogP contribution in [0.5, 0.6) is 0 Å². The van der Waals surface area contributed by atoms with Gasteiger partial charge in [0, 0.05) is 24.8 Å². The van der Waals surface area contributed by atoms with Gasteiger partial charge in [0.05, 0.1) is 5.69 Å². The first-order valence-electron chi connectivity index (χ1n) is 8.44. The molecule has 2 N–H and O–H groups in total. The molecule has 0 atom stereocenters. The summed E-state index contributed by atoms with van der Waals surface area (Å²) in [6.07, 6.45) is 3.20. The van der Waals surface area contributed by atoms with Crippen LogP contribution in [-0.4, -0.2) is 22.4 Å². The summed E-state index contributed by atoms with van der Waals surface area (Å²) in [4.78, 5) is 35.6. The van der Waals surface area contributed by atoms with Crippen molar-refractivity contribution in [3.05, 3.63) is 64.6 Å². The van der Waals surface area contributed by atoms with Crippen molar-refractivity contribution in [3.8, 4) is 0 Å². The Morgan fingerprint density at radius 1 is 1.08 bits per heavy atom. The maximum absolute atomic E-state index is 12.0. The van der Waals surface area contributed by atoms with Gasteiger partial charge in [-0.3, -0.25) is 14.4 Å². The number of pyridine rings is 1. The maximum Gasteiger partial charge on any atom is 0.313 e. The summed E-state index contributed by atoms with van der Waals surface area (Å²) in [5.41, 5.74) is 1.54. The van der Waals surface area contributed by atoms with Gasteiger partial charge < -0.3 is 15.2 Å². The molecule has 1 aromatic heterocycles. The molecule has 1 aliphatic carbocycles. The summed E-state index contributed by atoms with van der Waals surface area (Å²) in [7, 11) is 0. The molecule has 2 amide bonds. The number of rotatable bonds is 4. The quantitative estimate of drug-likeness (QED) is 0.835. The lowest BCUT2D eigenvalue weighted by Gasteiger charge is -2.36. The Balaban J connectivity index is 1.51. The van der Waals surface area contributed by atoms with Crippen LogP contribution in [0.25, 0.3) is 0 Å². The molecule has 2 aromatic rings. The number of aromatic nitrogens is 1. The van der Waals surface area contributed by atoms with Gasteiger partial charge in [0.2, 0.25) is 0 Å². The van der Waals surface area contributed by atoms with Gasteiger partial charge in [0.25, 0.3) is 5.56 Å². The summed E-state index contributed by atoms with van der Waals surface area (Å²) >= 11 is 0. The molecule has 1 saturated carbocycles. The number of carbonyl (C=O) groups is 2. The fraction of sp³-hybridized carbons (Fsp3) is 0.316. The van der Waals surface area contributed by atoms with Crippen molar-refractivity contribution in [2.75, 3.05) is 5.32 Å². The van der Waals surface area contributed by atoms with Gasteiger partial charge in [0.15, 0.2) is 0 Å². The molecule has 0 aliphatic heterocycles. The predicted molar refractivity (Wildman–Crippen MR) is 95.4 cm³/mol. The van der Waals surface area contributed by atoms with Crippen LogP contribution in [0.15, 0.2) is 53.5 Å². The van der Waals surface area contributed by atoms with E-state index in [-0.39, 0.29) is 11.6 Å². The lowest BCUT2D eigenvalue weighted by atomic mass is 9.76. The number of hydrogen-bond donors (Lipinski definition) is 2. The van der Waals surface area contributed by atoms with Crippen LogP contribution in [0.2, 0.25) is 0 Å². The second kappa shape index (κ2) is 7.34. The first kappa shape index (κ1) is 17.0. The van der Waals surface area contributed by atoms with E-state index >= 15 is 0 Å². The minimum atomic E-state index is -0.718. The summed E-state index contributed by atoms with van der Waals surface area (Å²) in [5.74, 6) is -0.933. The van der Waals surface area contributed by atoms with Crippen molar-refractivity contribution in [2.24, 2.45) is 0 Å². The molecule has 25 heavy (non-hydrogen) atoms. The second-order valence-electron chi connectivity index (χ2n) is 6.25. The molecule has 130 valence electrons. The van der Waals surface area contributed by atoms with Crippen LogP contribution in [-0.2, 0) is 16.1 Å². The van der Waals surface area contributed by atoms with Gasteiger partial charge in [-0.05, 0) is 37.3 Å². The summed E-state index contributed by atoms with van der Waals surface area (Å²) in [6, 6.07) is 13.0. The zero-order chi connectivity index (χ0) is 17.8. The number of nitrogens with zero attached hydrogens (tertiary/aromatic N) is 1. The molecule has 6 heteroatoms. The number of aryl methyl sites for hydroxylation is 1. The van der Waals surface area contributed by atoms with Crippen molar-refractivity contribution < 1.29 is 9.59 Å². The SMILES string of the molecule is CCn1cc(NC(=O)C(=O)NC2CC(c3ccccc3)C2)ccc1=O. The fourth-order valence-corrected chi connectivity index (χ4v) is 3.02. The largest absolute Gasteiger partial charge is 0.345 e. The lowest BCUT2D eigenvalue weighted by Crippen LogP contribution is -2.47. The third-order valence-electron chi connectivity index (χ3n) is 4.53. The normalized spacial score (nSPS) is 18.9. The Labute approximate surface area is 145 Å². The molecule has 0 spiro atoms. The molecule has 1 aliphatic rings. The number of hydrogen-bond acceptors (Lipinski definition) is 3. The molecule has 1 aromatic carbocycles. The molecule has 3 rings (SSSR count). The second-order valence-corrected chi connectivity index (χ2v) is 6.25. The van der Waals surface area contributed by atoms with E-state index in [4.69, 9.17) is 0 Å². The van der Waals surface area contributed by atoms with Crippen LogP contribution in [0.4, 0.5) is 5.69 Å². The van der Waals surface area contributed by atoms with E-state index in [9.17, 15) is 14.4 Å². The summed E-state index contributed by atoms with van der Waals surface area (Å²) < 4.78 is 1.46. The number of anilines is 1. The fourth-order valence-electron chi connectivity index (χ4n) is 3.02. The molecule has 1 fully saturated rings. The van der Waals surface area contributed by atoms with Crippen molar-refractivity contribution in [1.29, 1.82) is 0 Å². The van der Waals surface area contributed by atoms with E-state index in [2.05, 4.69) is 22.8 Å². The van der Waals surface area contributed by atoms with Gasteiger partial charge in [-0.2, -0.15) is 0 Å². The van der Waals surface area contributed by atoms with E-state index in [1.165, 1.54) is 28.5 Å². The van der Waals surface area contributed by atoms with Crippen molar-refractivity contribution in [1.82, 2.24) is 9.88 Å². The lowest BCUT2D eigenvalue weighted by molar-refractivity contribution is -0.137. The number of nitrogens with one attached hydrogen (secondary N) is 2. The van der Waals surface area contributed by atoms with Gasteiger partial charge in [0.1, 0.15) is 0 Å². The average Bonchev–Trinajstić information content (AvgIpc) is 2.59. The monoisotopic (exact) mass is 339 g/mol. The summed E-state index contributed by atoms with van der Waals surface area (Å²) in [6.45, 7) is 2.33. The van der Waals surface area contributed by atoms with Crippen molar-refractivity contribution >= 4 is 17.5 Å². The minimum Gasteiger partial charge on any atom is -0.345 e. The Bertz CT molecular complexity index is 823. The molecule has 6 nitrogen and oxygen atoms in total. The van der Waals surface area contributed by atoms with Gasteiger partial charge >= 0.3 is 11.8 Å². The molecule has 0 bridgehead atoms. The van der Waals surface area contributed by atoms with Crippen LogP contribution >= 0.6 is 0 Å². The van der Waals surface area contributed by atoms with E-state index in [0.29, 0.717) is 18.2 Å². The summed E-state index contributed by atoms with van der Waals surface area (Å²) in [5, 5.41) is 5.29. The Morgan fingerprint density at radius 3 is 2.48 bits per heavy atom. The van der Waals surface area contributed by atoms with Crippen molar-refractivity contribution in [3.63, 3.8) is 0 Å². The predicted octanol–water partition coefficient (Wildman–Crippen LogP) is 1.87. The zero-order valence-corrected chi connectivity index (χ0v) is 14.1. The highest BCUT2D eigenvalue weighted by molar-refractivity contribution is 6.39. The van der Waals surface area contributed by atoms with Crippen LogP contribution in [0.3, 0.4) is 0 Å². The third kappa shape index (κ3) is 3.96. The molecular weight excluding hydrogens is 318 g/mol. The van der Waals surface area contributed by atoms with E-state index in [0.717, 1.165) is 12.8 Å². The molecule has 1 heterocycles. The smallest absolute Gasteiger partial charge is 0.313 e. The first-order chi connectivity index (χ1) is 12.1. The standard InChI is InChI=1S/C19H21N3O3/c1-2-22-12-15(8-9-17(22)23)20-18(24)19(25)21-16-10-14(11-16)13-6-4-3-5-7-13/h3-9,12,14,16H,2,10-11H2,1H3,(H,20,24)(H,21,25). The Hall–Kier alpha value is -2.89. The zero-order valence-electron chi connectivity index (χ0n) is 14.1. The highest BCUT2D eigenvalue weighted by atomic mass is 16.2. The number of carbonyl (C=O) groups excluding carboxylic acids is 2. The van der Waals surface area contributed by atoms with Crippen LogP contribution < -0.4 is 16.2 Å². The van der Waals surface area contributed by atoms with E-state index < -0.39 is 11.8 Å². The van der Waals surface area contributed by atoms with Crippen LogP contribution in [0.1, 0.15) is 31.2 Å². The topological polar surface area (TPSA) is 80.2 Å². The van der Waals surface area contributed by atoms with Crippen molar-refractivity contribution in [2.45, 2.75) is 38.3 Å². The number of amides is 2. The molecule has 0 saturated heterocycles. The highest BCUT2D eigenvalue weighted by Gasteiger charge is 2.32. The Morgan fingerprint density at radius 2 is 1.80 bits per heavy atom. The minimum absolute atomic E-state index is 0.0213. The molecule has 0 unspecified atom stereocenters. The average molecular weight is 339 g/mol. The van der Waals surface area contributed by atoms with E-state index in [1.54, 1.807) is 0 Å². The van der Waals surface area contributed by atoms with Gasteiger partial charge in [-0.25, -0.2) is 0 Å². The third-order valence-corrected chi connectivity index (χ3v) is 4.53. The van der Waals surface area contributed by atoms with Gasteiger partial charge in [-0.1, -0.05) is 30.3 Å². The number of benzene rings is 1. The maximum atomic E-state index is 12.0. The van der Waals surface area contributed by atoms with E-state index in [1.807, 2.05) is 25.1 Å². The highest BCUT2D eigenvalue weighted by Crippen LogP contribution is 2.36. The van der Waals surface area contributed by atoms with Gasteiger partial charge in [-0.15, -0.1) is 0 Å². The Kier molecular flexibility index (Phi) is 4.97.